The number of hydrogen-bond acceptors (Lipinski definition) is 3. The summed E-state index contributed by atoms with van der Waals surface area (Å²) in [5, 5.41) is 4.58. The summed E-state index contributed by atoms with van der Waals surface area (Å²) in [6.45, 7) is 2.09. The second kappa shape index (κ2) is 6.99. The van der Waals surface area contributed by atoms with Crippen LogP contribution in [0.4, 0.5) is 10.1 Å². The first-order valence-corrected chi connectivity index (χ1v) is 7.31. The van der Waals surface area contributed by atoms with Crippen LogP contribution < -0.4 is 10.2 Å². The molecule has 0 aliphatic carbocycles. The molecule has 0 aliphatic heterocycles. The molecule has 1 heterocycles. The van der Waals surface area contributed by atoms with Crippen molar-refractivity contribution in [1.29, 1.82) is 0 Å². The third kappa shape index (κ3) is 4.13. The summed E-state index contributed by atoms with van der Waals surface area (Å²) < 4.78 is 12.9. The van der Waals surface area contributed by atoms with Gasteiger partial charge >= 0.3 is 0 Å². The summed E-state index contributed by atoms with van der Waals surface area (Å²) >= 11 is 1.36. The Balaban J connectivity index is 1.93. The molecule has 0 aliphatic rings. The van der Waals surface area contributed by atoms with Gasteiger partial charge in [-0.2, -0.15) is 0 Å². The van der Waals surface area contributed by atoms with Crippen molar-refractivity contribution >= 4 is 28.8 Å². The van der Waals surface area contributed by atoms with Gasteiger partial charge in [-0.3, -0.25) is 9.59 Å². The number of rotatable bonds is 5. The molecule has 0 fully saturated rings. The highest BCUT2D eigenvalue weighted by Gasteiger charge is 2.12. The van der Waals surface area contributed by atoms with Gasteiger partial charge in [0.15, 0.2) is 0 Å². The molecule has 2 amide bonds. The third-order valence-corrected chi connectivity index (χ3v) is 3.75. The number of halogens is 1. The molecule has 110 valence electrons. The normalized spacial score (nSPS) is 10.2. The lowest BCUT2D eigenvalue weighted by Gasteiger charge is -2.21. The van der Waals surface area contributed by atoms with E-state index in [1.807, 2.05) is 5.38 Å². The molecule has 0 saturated carbocycles. The molecule has 1 N–H and O–H groups in total. The zero-order chi connectivity index (χ0) is 15.2. The number of carbonyl (C=O) groups excluding carboxylic acids is 2. The number of carbonyl (C=O) groups is 2. The summed E-state index contributed by atoms with van der Waals surface area (Å²) in [6.07, 6.45) is 0. The number of amides is 2. The fourth-order valence-electron chi connectivity index (χ4n) is 1.87. The fourth-order valence-corrected chi connectivity index (χ4v) is 2.51. The van der Waals surface area contributed by atoms with Gasteiger partial charge in [0.05, 0.1) is 4.88 Å². The summed E-state index contributed by atoms with van der Waals surface area (Å²) in [4.78, 5) is 25.6. The standard InChI is InChI=1S/C15H15FN2O2S/c1-11(19)18(13-6-4-12(16)5-7-13)9-8-17-15(20)14-3-2-10-21-14/h2-7,10H,8-9H2,1H3,(H,17,20). The van der Waals surface area contributed by atoms with Crippen molar-refractivity contribution in [2.24, 2.45) is 0 Å². The zero-order valence-corrected chi connectivity index (χ0v) is 12.3. The molecule has 0 atom stereocenters. The van der Waals surface area contributed by atoms with E-state index in [4.69, 9.17) is 0 Å². The molecule has 21 heavy (non-hydrogen) atoms. The molecule has 0 spiro atoms. The van der Waals surface area contributed by atoms with Gasteiger partial charge in [0.2, 0.25) is 5.91 Å². The maximum atomic E-state index is 12.9. The van der Waals surface area contributed by atoms with E-state index >= 15 is 0 Å². The van der Waals surface area contributed by atoms with E-state index in [1.54, 1.807) is 12.1 Å². The molecule has 0 radical (unpaired) electrons. The molecule has 2 aromatic rings. The van der Waals surface area contributed by atoms with E-state index in [2.05, 4.69) is 5.32 Å². The van der Waals surface area contributed by atoms with E-state index in [-0.39, 0.29) is 17.6 Å². The molecule has 1 aromatic heterocycles. The van der Waals surface area contributed by atoms with Crippen molar-refractivity contribution in [2.45, 2.75) is 6.92 Å². The maximum Gasteiger partial charge on any atom is 0.261 e. The van der Waals surface area contributed by atoms with Crippen LogP contribution in [0, 0.1) is 5.82 Å². The van der Waals surface area contributed by atoms with E-state index in [0.29, 0.717) is 23.7 Å². The lowest BCUT2D eigenvalue weighted by atomic mass is 10.2. The van der Waals surface area contributed by atoms with Crippen molar-refractivity contribution < 1.29 is 14.0 Å². The van der Waals surface area contributed by atoms with Gasteiger partial charge in [-0.1, -0.05) is 6.07 Å². The predicted octanol–water partition coefficient (Wildman–Crippen LogP) is 2.67. The van der Waals surface area contributed by atoms with Crippen molar-refractivity contribution in [1.82, 2.24) is 5.32 Å². The highest BCUT2D eigenvalue weighted by molar-refractivity contribution is 7.12. The first-order chi connectivity index (χ1) is 10.1. The third-order valence-electron chi connectivity index (χ3n) is 2.88. The smallest absolute Gasteiger partial charge is 0.261 e. The second-order valence-corrected chi connectivity index (χ2v) is 5.33. The Kier molecular flexibility index (Phi) is 5.05. The molecule has 2 rings (SSSR count). The molecular formula is C15H15FN2O2S. The van der Waals surface area contributed by atoms with E-state index < -0.39 is 0 Å². The van der Waals surface area contributed by atoms with E-state index in [0.717, 1.165) is 0 Å². The summed E-state index contributed by atoms with van der Waals surface area (Å²) in [5.74, 6) is -0.673. The van der Waals surface area contributed by atoms with Gasteiger partial charge in [-0.15, -0.1) is 11.3 Å². The number of nitrogens with zero attached hydrogens (tertiary/aromatic N) is 1. The largest absolute Gasteiger partial charge is 0.350 e. The number of anilines is 1. The lowest BCUT2D eigenvalue weighted by molar-refractivity contribution is -0.116. The first kappa shape index (κ1) is 15.2. The second-order valence-electron chi connectivity index (χ2n) is 4.38. The van der Waals surface area contributed by atoms with Gasteiger partial charge in [-0.05, 0) is 35.7 Å². The Morgan fingerprint density at radius 3 is 2.52 bits per heavy atom. The quantitative estimate of drug-likeness (QED) is 0.923. The number of nitrogens with one attached hydrogen (secondary N) is 1. The summed E-state index contributed by atoms with van der Waals surface area (Å²) in [7, 11) is 0. The molecule has 0 unspecified atom stereocenters. The van der Waals surface area contributed by atoms with E-state index in [9.17, 15) is 14.0 Å². The molecule has 1 aromatic carbocycles. The van der Waals surface area contributed by atoms with Crippen LogP contribution in [-0.4, -0.2) is 24.9 Å². The molecule has 0 bridgehead atoms. The van der Waals surface area contributed by atoms with Crippen LogP contribution in [0.3, 0.4) is 0 Å². The Hall–Kier alpha value is -2.21. The van der Waals surface area contributed by atoms with E-state index in [1.165, 1.54) is 47.4 Å². The van der Waals surface area contributed by atoms with Crippen LogP contribution in [0.5, 0.6) is 0 Å². The Morgan fingerprint density at radius 2 is 1.95 bits per heavy atom. The predicted molar refractivity (Wildman–Crippen MR) is 81.1 cm³/mol. The summed E-state index contributed by atoms with van der Waals surface area (Å²) in [6, 6.07) is 9.23. The van der Waals surface area contributed by atoms with Gasteiger partial charge < -0.3 is 10.2 Å². The van der Waals surface area contributed by atoms with Gasteiger partial charge in [-0.25, -0.2) is 4.39 Å². The number of benzene rings is 1. The van der Waals surface area contributed by atoms with Gasteiger partial charge in [0.25, 0.3) is 5.91 Å². The lowest BCUT2D eigenvalue weighted by Crippen LogP contribution is -2.37. The van der Waals surface area contributed by atoms with Gasteiger partial charge in [0, 0.05) is 25.7 Å². The van der Waals surface area contributed by atoms with Crippen LogP contribution in [0.15, 0.2) is 41.8 Å². The van der Waals surface area contributed by atoms with Crippen LogP contribution in [0.2, 0.25) is 0 Å². The van der Waals surface area contributed by atoms with Gasteiger partial charge in [0.1, 0.15) is 5.82 Å². The zero-order valence-electron chi connectivity index (χ0n) is 11.5. The number of thiophene rings is 1. The van der Waals surface area contributed by atoms with Crippen molar-refractivity contribution in [3.8, 4) is 0 Å². The molecule has 6 heteroatoms. The summed E-state index contributed by atoms with van der Waals surface area (Å²) in [5.41, 5.74) is 0.606. The minimum absolute atomic E-state index is 0.160. The highest BCUT2D eigenvalue weighted by atomic mass is 32.1. The molecular weight excluding hydrogens is 291 g/mol. The van der Waals surface area contributed by atoms with Crippen molar-refractivity contribution in [3.05, 3.63) is 52.5 Å². The minimum atomic E-state index is -0.353. The minimum Gasteiger partial charge on any atom is -0.350 e. The Labute approximate surface area is 126 Å². The van der Waals surface area contributed by atoms with Crippen LogP contribution in [0.1, 0.15) is 16.6 Å². The average molecular weight is 306 g/mol. The molecule has 0 saturated heterocycles. The van der Waals surface area contributed by atoms with Crippen LogP contribution in [-0.2, 0) is 4.79 Å². The topological polar surface area (TPSA) is 49.4 Å². The average Bonchev–Trinajstić information content (AvgIpc) is 2.98. The number of hydrogen-bond donors (Lipinski definition) is 1. The van der Waals surface area contributed by atoms with Crippen molar-refractivity contribution in [2.75, 3.05) is 18.0 Å². The first-order valence-electron chi connectivity index (χ1n) is 6.43. The van der Waals surface area contributed by atoms with Crippen LogP contribution in [0.25, 0.3) is 0 Å². The SMILES string of the molecule is CC(=O)N(CCNC(=O)c1cccs1)c1ccc(F)cc1. The fraction of sp³-hybridized carbons (Fsp3) is 0.200. The Bertz CT molecular complexity index is 611. The Morgan fingerprint density at radius 1 is 1.24 bits per heavy atom. The maximum absolute atomic E-state index is 12.9. The monoisotopic (exact) mass is 306 g/mol. The van der Waals surface area contributed by atoms with Crippen LogP contribution >= 0.6 is 11.3 Å². The highest BCUT2D eigenvalue weighted by Crippen LogP contribution is 2.14. The van der Waals surface area contributed by atoms with Crippen molar-refractivity contribution in [3.63, 3.8) is 0 Å². The molecule has 4 nitrogen and oxygen atoms in total.